The smallest absolute Gasteiger partial charge is 0.248 e. The van der Waals surface area contributed by atoms with Crippen molar-refractivity contribution in [2.45, 2.75) is 39.2 Å². The zero-order valence-corrected chi connectivity index (χ0v) is 11.9. The Kier molecular flexibility index (Phi) is 3.04. The van der Waals surface area contributed by atoms with E-state index in [1.54, 1.807) is 13.0 Å². The van der Waals surface area contributed by atoms with Crippen molar-refractivity contribution >= 4 is 17.5 Å². The summed E-state index contributed by atoms with van der Waals surface area (Å²) in [6, 6.07) is 5.74. The van der Waals surface area contributed by atoms with Crippen LogP contribution in [0.5, 0.6) is 0 Å². The fourth-order valence-electron chi connectivity index (χ4n) is 3.51. The van der Waals surface area contributed by atoms with E-state index in [-0.39, 0.29) is 5.91 Å². The van der Waals surface area contributed by atoms with Gasteiger partial charge in [0.1, 0.15) is 0 Å². The second-order valence-corrected chi connectivity index (χ2v) is 6.11. The van der Waals surface area contributed by atoms with Crippen LogP contribution < -0.4 is 10.6 Å². The molecule has 20 heavy (non-hydrogen) atoms. The number of nitrogens with zero attached hydrogens (tertiary/aromatic N) is 1. The average molecular weight is 272 g/mol. The molecule has 1 aliphatic heterocycles. The van der Waals surface area contributed by atoms with E-state index >= 15 is 0 Å². The molecule has 106 valence electrons. The van der Waals surface area contributed by atoms with Gasteiger partial charge >= 0.3 is 0 Å². The minimum absolute atomic E-state index is 0.0847. The van der Waals surface area contributed by atoms with Gasteiger partial charge in [0.05, 0.1) is 0 Å². The van der Waals surface area contributed by atoms with Gasteiger partial charge < -0.3 is 10.6 Å². The van der Waals surface area contributed by atoms with Gasteiger partial charge in [0.15, 0.2) is 0 Å². The molecule has 0 radical (unpaired) electrons. The predicted molar refractivity (Wildman–Crippen MR) is 77.5 cm³/mol. The summed E-state index contributed by atoms with van der Waals surface area (Å²) in [5.41, 5.74) is 7.87. The summed E-state index contributed by atoms with van der Waals surface area (Å²) < 4.78 is 0. The average Bonchev–Trinajstić information content (AvgIpc) is 3.20. The molecule has 1 heterocycles. The molecule has 1 aromatic rings. The monoisotopic (exact) mass is 272 g/mol. The summed E-state index contributed by atoms with van der Waals surface area (Å²) in [4.78, 5) is 25.3. The van der Waals surface area contributed by atoms with Crippen molar-refractivity contribution in [2.75, 3.05) is 4.90 Å². The third-order valence-electron chi connectivity index (χ3n) is 4.49. The minimum Gasteiger partial charge on any atom is -0.366 e. The van der Waals surface area contributed by atoms with Crippen molar-refractivity contribution in [3.05, 3.63) is 29.3 Å². The van der Waals surface area contributed by atoms with Gasteiger partial charge in [-0.25, -0.2) is 0 Å². The van der Waals surface area contributed by atoms with Crippen LogP contribution in [0.1, 0.15) is 42.6 Å². The van der Waals surface area contributed by atoms with E-state index in [4.69, 9.17) is 5.73 Å². The molecule has 1 fully saturated rings. The van der Waals surface area contributed by atoms with E-state index in [0.717, 1.165) is 17.7 Å². The fraction of sp³-hybridized carbons (Fsp3) is 0.500. The summed E-state index contributed by atoms with van der Waals surface area (Å²) in [6.07, 6.45) is 3.34. The molecule has 1 aliphatic carbocycles. The number of carbonyl (C=O) groups is 2. The highest BCUT2D eigenvalue weighted by Crippen LogP contribution is 2.45. The molecule has 0 saturated heterocycles. The Bertz CT molecular complexity index is 578. The molecule has 0 bridgehead atoms. The number of carbonyl (C=O) groups excluding carboxylic acids is 2. The van der Waals surface area contributed by atoms with Crippen LogP contribution in [-0.2, 0) is 11.2 Å². The van der Waals surface area contributed by atoms with Crippen molar-refractivity contribution in [3.8, 4) is 0 Å². The Balaban J connectivity index is 2.06. The molecule has 2 atom stereocenters. The van der Waals surface area contributed by atoms with Crippen molar-refractivity contribution in [3.63, 3.8) is 0 Å². The Labute approximate surface area is 118 Å². The lowest BCUT2D eigenvalue weighted by atomic mass is 9.83. The number of anilines is 1. The van der Waals surface area contributed by atoms with Gasteiger partial charge in [0, 0.05) is 24.2 Å². The van der Waals surface area contributed by atoms with Gasteiger partial charge in [-0.05, 0) is 54.9 Å². The molecular weight excluding hydrogens is 252 g/mol. The second-order valence-electron chi connectivity index (χ2n) is 6.11. The Morgan fingerprint density at radius 1 is 1.30 bits per heavy atom. The summed E-state index contributed by atoms with van der Waals surface area (Å²) in [6.45, 7) is 3.82. The maximum atomic E-state index is 12.1. The molecule has 2 N–H and O–H groups in total. The topological polar surface area (TPSA) is 63.4 Å². The minimum atomic E-state index is -0.417. The molecule has 2 amide bonds. The largest absolute Gasteiger partial charge is 0.366 e. The second kappa shape index (κ2) is 4.62. The molecule has 1 aromatic carbocycles. The standard InChI is InChI=1S/C16H20N2O2/c1-9-7-13-8-12(16(17)20)5-6-14(13)18(10(2)19)15(9)11-3-4-11/h5-6,8-9,11,15H,3-4,7H2,1-2H3,(H2,17,20). The van der Waals surface area contributed by atoms with Gasteiger partial charge in [-0.2, -0.15) is 0 Å². The Morgan fingerprint density at radius 2 is 2.00 bits per heavy atom. The first-order valence-corrected chi connectivity index (χ1v) is 7.21. The first-order valence-electron chi connectivity index (χ1n) is 7.21. The molecule has 4 nitrogen and oxygen atoms in total. The molecule has 0 aromatic heterocycles. The van der Waals surface area contributed by atoms with Crippen molar-refractivity contribution < 1.29 is 9.59 Å². The number of hydrogen-bond acceptors (Lipinski definition) is 2. The van der Waals surface area contributed by atoms with Gasteiger partial charge in [-0.15, -0.1) is 0 Å². The highest BCUT2D eigenvalue weighted by atomic mass is 16.2. The predicted octanol–water partition coefficient (Wildman–Crippen LogP) is 2.11. The first-order chi connectivity index (χ1) is 9.49. The number of fused-ring (bicyclic) bond motifs is 1. The van der Waals surface area contributed by atoms with Gasteiger partial charge in [-0.3, -0.25) is 9.59 Å². The maximum absolute atomic E-state index is 12.1. The number of nitrogens with two attached hydrogens (primary N) is 1. The van der Waals surface area contributed by atoms with Crippen LogP contribution in [0.25, 0.3) is 0 Å². The highest BCUT2D eigenvalue weighted by Gasteiger charge is 2.43. The lowest BCUT2D eigenvalue weighted by Gasteiger charge is -2.41. The van der Waals surface area contributed by atoms with E-state index in [2.05, 4.69) is 6.92 Å². The normalized spacial score (nSPS) is 25.2. The van der Waals surface area contributed by atoms with E-state index in [0.29, 0.717) is 23.4 Å². The van der Waals surface area contributed by atoms with E-state index in [9.17, 15) is 9.59 Å². The molecule has 2 aliphatic rings. The first kappa shape index (κ1) is 13.2. The molecule has 4 heteroatoms. The molecule has 3 rings (SSSR count). The zero-order chi connectivity index (χ0) is 14.4. The quantitative estimate of drug-likeness (QED) is 0.896. The summed E-state index contributed by atoms with van der Waals surface area (Å²) in [5, 5.41) is 0. The highest BCUT2D eigenvalue weighted by molar-refractivity contribution is 5.97. The van der Waals surface area contributed by atoms with Crippen LogP contribution in [0, 0.1) is 11.8 Å². The number of rotatable bonds is 2. The summed E-state index contributed by atoms with van der Waals surface area (Å²) in [5.74, 6) is 0.723. The third kappa shape index (κ3) is 2.09. The van der Waals surface area contributed by atoms with Gasteiger partial charge in [-0.1, -0.05) is 6.92 Å². The van der Waals surface area contributed by atoms with Gasteiger partial charge in [0.25, 0.3) is 0 Å². The van der Waals surface area contributed by atoms with Crippen LogP contribution in [0.15, 0.2) is 18.2 Å². The number of benzene rings is 1. The van der Waals surface area contributed by atoms with Crippen LogP contribution in [0.2, 0.25) is 0 Å². The Morgan fingerprint density at radius 3 is 2.55 bits per heavy atom. The molecular formula is C16H20N2O2. The number of amides is 2. The maximum Gasteiger partial charge on any atom is 0.248 e. The lowest BCUT2D eigenvalue weighted by Crippen LogP contribution is -2.48. The van der Waals surface area contributed by atoms with E-state index in [1.807, 2.05) is 17.0 Å². The van der Waals surface area contributed by atoms with Crippen molar-refractivity contribution in [1.29, 1.82) is 0 Å². The number of primary amides is 1. The molecule has 2 unspecified atom stereocenters. The van der Waals surface area contributed by atoms with Crippen molar-refractivity contribution in [1.82, 2.24) is 0 Å². The fourth-order valence-corrected chi connectivity index (χ4v) is 3.51. The summed E-state index contributed by atoms with van der Waals surface area (Å²) >= 11 is 0. The molecule has 1 saturated carbocycles. The summed E-state index contributed by atoms with van der Waals surface area (Å²) in [7, 11) is 0. The van der Waals surface area contributed by atoms with Crippen LogP contribution >= 0.6 is 0 Å². The van der Waals surface area contributed by atoms with Crippen LogP contribution in [0.4, 0.5) is 5.69 Å². The van der Waals surface area contributed by atoms with E-state index < -0.39 is 5.91 Å². The number of hydrogen-bond donors (Lipinski definition) is 1. The Hall–Kier alpha value is -1.84. The lowest BCUT2D eigenvalue weighted by molar-refractivity contribution is -0.117. The molecule has 0 spiro atoms. The van der Waals surface area contributed by atoms with Gasteiger partial charge in [0.2, 0.25) is 11.8 Å². The SMILES string of the molecule is CC(=O)N1c2ccc(C(N)=O)cc2CC(C)C1C1CC1. The third-order valence-corrected chi connectivity index (χ3v) is 4.49. The zero-order valence-electron chi connectivity index (χ0n) is 11.9. The van der Waals surface area contributed by atoms with Crippen molar-refractivity contribution in [2.24, 2.45) is 17.6 Å². The van der Waals surface area contributed by atoms with Crippen LogP contribution in [-0.4, -0.2) is 17.9 Å². The van der Waals surface area contributed by atoms with Crippen LogP contribution in [0.3, 0.4) is 0 Å². The van der Waals surface area contributed by atoms with E-state index in [1.165, 1.54) is 12.8 Å².